The van der Waals surface area contributed by atoms with Crippen molar-refractivity contribution in [2.24, 2.45) is 0 Å². The molecule has 0 bridgehead atoms. The second-order valence-electron chi connectivity index (χ2n) is 4.69. The first-order valence-corrected chi connectivity index (χ1v) is 7.63. The monoisotopic (exact) mass is 281 g/mol. The van der Waals surface area contributed by atoms with E-state index in [4.69, 9.17) is 4.74 Å². The summed E-state index contributed by atoms with van der Waals surface area (Å²) in [6.45, 7) is 4.09. The van der Waals surface area contributed by atoms with Crippen molar-refractivity contribution < 1.29 is 14.3 Å². The van der Waals surface area contributed by atoms with Gasteiger partial charge in [-0.15, -0.1) is 11.3 Å². The first kappa shape index (κ1) is 14.1. The second-order valence-corrected chi connectivity index (χ2v) is 5.57. The number of nitrogens with one attached hydrogen (secondary N) is 1. The van der Waals surface area contributed by atoms with Crippen LogP contribution in [0, 0.1) is 0 Å². The van der Waals surface area contributed by atoms with E-state index in [1.54, 1.807) is 6.92 Å². The maximum atomic E-state index is 12.1. The van der Waals surface area contributed by atoms with Crippen LogP contribution in [0.3, 0.4) is 0 Å². The molecule has 1 aliphatic carbocycles. The summed E-state index contributed by atoms with van der Waals surface area (Å²) in [5.41, 5.74) is 1.61. The zero-order valence-electron chi connectivity index (χ0n) is 11.3. The molecule has 1 heterocycles. The molecule has 0 unspecified atom stereocenters. The number of hydrogen-bond donors (Lipinski definition) is 1. The molecule has 1 N–H and O–H groups in total. The summed E-state index contributed by atoms with van der Waals surface area (Å²) in [6.07, 6.45) is 3.50. The number of amides is 1. The van der Waals surface area contributed by atoms with E-state index in [0.717, 1.165) is 24.8 Å². The minimum atomic E-state index is -0.322. The van der Waals surface area contributed by atoms with Crippen LogP contribution in [0.2, 0.25) is 0 Å². The minimum Gasteiger partial charge on any atom is -0.462 e. The fourth-order valence-corrected chi connectivity index (χ4v) is 3.03. The topological polar surface area (TPSA) is 55.4 Å². The van der Waals surface area contributed by atoms with Crippen molar-refractivity contribution in [1.29, 1.82) is 0 Å². The van der Waals surface area contributed by atoms with Gasteiger partial charge in [0.2, 0.25) is 5.91 Å². The molecule has 19 heavy (non-hydrogen) atoms. The van der Waals surface area contributed by atoms with Crippen molar-refractivity contribution in [3.8, 4) is 0 Å². The molecule has 0 atom stereocenters. The molecule has 0 saturated heterocycles. The number of carbonyl (C=O) groups excluding carboxylic acids is 2. The van der Waals surface area contributed by atoms with Gasteiger partial charge in [0.1, 0.15) is 5.00 Å². The Morgan fingerprint density at radius 1 is 1.42 bits per heavy atom. The molecule has 1 aromatic rings. The maximum Gasteiger partial charge on any atom is 0.341 e. The summed E-state index contributed by atoms with van der Waals surface area (Å²) in [4.78, 5) is 23.7. The summed E-state index contributed by atoms with van der Waals surface area (Å²) < 4.78 is 5.10. The largest absolute Gasteiger partial charge is 0.462 e. The molecule has 1 aromatic heterocycles. The van der Waals surface area contributed by atoms with Gasteiger partial charge >= 0.3 is 5.97 Å². The Morgan fingerprint density at radius 3 is 2.74 bits per heavy atom. The Labute approximate surface area is 117 Å². The molecule has 1 fully saturated rings. The molecule has 1 saturated carbocycles. The second kappa shape index (κ2) is 6.19. The summed E-state index contributed by atoms with van der Waals surface area (Å²) >= 11 is 1.42. The van der Waals surface area contributed by atoms with Crippen LogP contribution in [0.5, 0.6) is 0 Å². The number of ether oxygens (including phenoxy) is 1. The molecule has 4 nitrogen and oxygen atoms in total. The molecular weight excluding hydrogens is 262 g/mol. The van der Waals surface area contributed by atoms with Gasteiger partial charge in [-0.2, -0.15) is 0 Å². The number of hydrogen-bond acceptors (Lipinski definition) is 4. The Balaban J connectivity index is 2.22. The van der Waals surface area contributed by atoms with Crippen LogP contribution in [0.15, 0.2) is 5.38 Å². The normalized spacial score (nSPS) is 14.2. The van der Waals surface area contributed by atoms with E-state index in [0.29, 0.717) is 29.5 Å². The third kappa shape index (κ3) is 3.35. The number of anilines is 1. The lowest BCUT2D eigenvalue weighted by Gasteiger charge is -2.07. The summed E-state index contributed by atoms with van der Waals surface area (Å²) in [5, 5.41) is 5.45. The van der Waals surface area contributed by atoms with Crippen molar-refractivity contribution >= 4 is 28.2 Å². The Bertz CT molecular complexity index is 477. The van der Waals surface area contributed by atoms with Gasteiger partial charge in [0, 0.05) is 6.42 Å². The lowest BCUT2D eigenvalue weighted by Crippen LogP contribution is -2.14. The van der Waals surface area contributed by atoms with Gasteiger partial charge in [-0.3, -0.25) is 4.79 Å². The molecule has 0 aromatic carbocycles. The van der Waals surface area contributed by atoms with Crippen molar-refractivity contribution in [2.45, 2.75) is 45.4 Å². The Kier molecular flexibility index (Phi) is 4.58. The fourth-order valence-electron chi connectivity index (χ4n) is 1.99. The molecule has 2 rings (SSSR count). The van der Waals surface area contributed by atoms with Crippen molar-refractivity contribution in [1.82, 2.24) is 0 Å². The zero-order valence-corrected chi connectivity index (χ0v) is 12.1. The third-order valence-corrected chi connectivity index (χ3v) is 3.96. The van der Waals surface area contributed by atoms with E-state index in [2.05, 4.69) is 5.32 Å². The summed E-state index contributed by atoms with van der Waals surface area (Å²) in [6, 6.07) is 0. The number of thiophene rings is 1. The van der Waals surface area contributed by atoms with E-state index < -0.39 is 0 Å². The number of carbonyl (C=O) groups is 2. The van der Waals surface area contributed by atoms with Gasteiger partial charge in [0.15, 0.2) is 0 Å². The highest BCUT2D eigenvalue weighted by atomic mass is 32.1. The highest BCUT2D eigenvalue weighted by Gasteiger charge is 2.32. The first-order valence-electron chi connectivity index (χ1n) is 6.75. The number of rotatable bonds is 6. The van der Waals surface area contributed by atoms with E-state index in [1.807, 2.05) is 12.3 Å². The smallest absolute Gasteiger partial charge is 0.341 e. The van der Waals surface area contributed by atoms with Crippen molar-refractivity contribution in [2.75, 3.05) is 11.9 Å². The molecule has 104 valence electrons. The van der Waals surface area contributed by atoms with Gasteiger partial charge in [-0.05, 0) is 43.0 Å². The average molecular weight is 281 g/mol. The van der Waals surface area contributed by atoms with Gasteiger partial charge in [0.25, 0.3) is 0 Å². The predicted molar refractivity (Wildman–Crippen MR) is 75.8 cm³/mol. The van der Waals surface area contributed by atoms with Crippen LogP contribution in [-0.4, -0.2) is 18.5 Å². The molecule has 1 aliphatic rings. The maximum absolute atomic E-state index is 12.1. The molecule has 0 aliphatic heterocycles. The van der Waals surface area contributed by atoms with Crippen LogP contribution in [0.1, 0.15) is 61.4 Å². The van der Waals surface area contributed by atoms with E-state index >= 15 is 0 Å². The lowest BCUT2D eigenvalue weighted by atomic mass is 10.1. The molecule has 0 spiro atoms. The summed E-state index contributed by atoms with van der Waals surface area (Å²) in [7, 11) is 0. The fraction of sp³-hybridized carbons (Fsp3) is 0.571. The van der Waals surface area contributed by atoms with Crippen LogP contribution in [-0.2, 0) is 9.53 Å². The van der Waals surface area contributed by atoms with Crippen LogP contribution in [0.25, 0.3) is 0 Å². The lowest BCUT2D eigenvalue weighted by molar-refractivity contribution is -0.116. The highest BCUT2D eigenvalue weighted by Crippen LogP contribution is 2.46. The first-order chi connectivity index (χ1) is 9.17. The molecule has 5 heteroatoms. The standard InChI is InChI=1S/C14H19NO3S/c1-3-5-11(16)15-13-12(14(17)18-4-2)10(8-19-13)9-6-7-9/h8-9H,3-7H2,1-2H3,(H,15,16). The van der Waals surface area contributed by atoms with E-state index in [-0.39, 0.29) is 11.9 Å². The molecular formula is C14H19NO3S. The highest BCUT2D eigenvalue weighted by molar-refractivity contribution is 7.15. The SMILES string of the molecule is CCCC(=O)Nc1scc(C2CC2)c1C(=O)OCC. The van der Waals surface area contributed by atoms with Crippen LogP contribution in [0.4, 0.5) is 5.00 Å². The van der Waals surface area contributed by atoms with Crippen LogP contribution < -0.4 is 5.32 Å². The van der Waals surface area contributed by atoms with Crippen molar-refractivity contribution in [3.05, 3.63) is 16.5 Å². The quantitative estimate of drug-likeness (QED) is 0.811. The predicted octanol–water partition coefficient (Wildman–Crippen LogP) is 3.54. The third-order valence-electron chi connectivity index (χ3n) is 3.05. The zero-order chi connectivity index (χ0) is 13.8. The average Bonchev–Trinajstić information content (AvgIpc) is 3.12. The van der Waals surface area contributed by atoms with Gasteiger partial charge in [-0.25, -0.2) is 4.79 Å². The van der Waals surface area contributed by atoms with E-state index in [9.17, 15) is 9.59 Å². The van der Waals surface area contributed by atoms with Gasteiger partial charge in [-0.1, -0.05) is 6.92 Å². The Hall–Kier alpha value is -1.36. The van der Waals surface area contributed by atoms with E-state index in [1.165, 1.54) is 11.3 Å². The van der Waals surface area contributed by atoms with Gasteiger partial charge in [0.05, 0.1) is 12.2 Å². The van der Waals surface area contributed by atoms with Crippen molar-refractivity contribution in [3.63, 3.8) is 0 Å². The van der Waals surface area contributed by atoms with Gasteiger partial charge < -0.3 is 10.1 Å². The Morgan fingerprint density at radius 2 is 2.16 bits per heavy atom. The number of esters is 1. The summed E-state index contributed by atoms with van der Waals surface area (Å²) in [5.74, 6) is 0.0992. The molecule has 1 amide bonds. The molecule has 0 radical (unpaired) electrons. The minimum absolute atomic E-state index is 0.0442. The van der Waals surface area contributed by atoms with Crippen LogP contribution >= 0.6 is 11.3 Å².